The summed E-state index contributed by atoms with van der Waals surface area (Å²) in [6.07, 6.45) is -3.94. The highest BCUT2D eigenvalue weighted by Gasteiger charge is 2.33. The highest BCUT2D eigenvalue weighted by Crippen LogP contribution is 2.31. The predicted octanol–water partition coefficient (Wildman–Crippen LogP) is 1.75. The van der Waals surface area contributed by atoms with Crippen molar-refractivity contribution in [3.63, 3.8) is 0 Å². The smallest absolute Gasteiger partial charge is 0.506 e. The number of hydrogen-bond donors (Lipinski definition) is 2. The molecule has 84 valence electrons. The molecular weight excluding hydrogens is 328 g/mol. The van der Waals surface area contributed by atoms with Crippen molar-refractivity contribution >= 4 is 22.6 Å². The Balaban J connectivity index is 3.11. The molecule has 8 heteroatoms. The number of pyridine rings is 1. The number of hydrogen-bond acceptors (Lipinski definition) is 4. The molecule has 0 saturated carbocycles. The molecule has 0 radical (unpaired) electrons. The van der Waals surface area contributed by atoms with Crippen LogP contribution in [0.1, 0.15) is 5.56 Å². The third-order valence-corrected chi connectivity index (χ3v) is 2.60. The maximum absolute atomic E-state index is 11.9. The molecule has 0 aromatic carbocycles. The van der Waals surface area contributed by atoms with E-state index < -0.39 is 12.2 Å². The second-order valence-corrected chi connectivity index (χ2v) is 3.57. The Morgan fingerprint density at radius 3 is 2.60 bits per heavy atom. The lowest BCUT2D eigenvalue weighted by Gasteiger charge is -2.12. The summed E-state index contributed by atoms with van der Waals surface area (Å²) >= 11 is 1.58. The van der Waals surface area contributed by atoms with E-state index in [-0.39, 0.29) is 21.4 Å². The molecular formula is C7H6F3IN2O2. The van der Waals surface area contributed by atoms with Crippen LogP contribution in [0.4, 0.5) is 13.2 Å². The number of nitrogens with zero attached hydrogens (tertiary/aromatic N) is 1. The van der Waals surface area contributed by atoms with Gasteiger partial charge in [-0.15, -0.1) is 13.2 Å². The van der Waals surface area contributed by atoms with E-state index in [9.17, 15) is 18.3 Å². The fourth-order valence-corrected chi connectivity index (χ4v) is 1.62. The highest BCUT2D eigenvalue weighted by molar-refractivity contribution is 14.1. The highest BCUT2D eigenvalue weighted by atomic mass is 127. The first kappa shape index (κ1) is 12.3. The average Bonchev–Trinajstić information content (AvgIpc) is 2.09. The van der Waals surface area contributed by atoms with E-state index in [4.69, 9.17) is 5.73 Å². The Morgan fingerprint density at radius 1 is 1.53 bits per heavy atom. The molecule has 0 aliphatic carbocycles. The topological polar surface area (TPSA) is 68.4 Å². The molecule has 0 aliphatic rings. The van der Waals surface area contributed by atoms with Gasteiger partial charge in [0, 0.05) is 12.1 Å². The van der Waals surface area contributed by atoms with E-state index in [2.05, 4.69) is 9.72 Å². The van der Waals surface area contributed by atoms with Gasteiger partial charge >= 0.3 is 6.36 Å². The lowest BCUT2D eigenvalue weighted by molar-refractivity contribution is -0.276. The van der Waals surface area contributed by atoms with Crippen LogP contribution >= 0.6 is 22.6 Å². The summed E-state index contributed by atoms with van der Waals surface area (Å²) in [5.74, 6) is -0.863. The summed E-state index contributed by atoms with van der Waals surface area (Å²) in [5, 5.41) is 9.23. The zero-order valence-electron chi connectivity index (χ0n) is 7.18. The molecule has 4 nitrogen and oxygen atoms in total. The summed E-state index contributed by atoms with van der Waals surface area (Å²) in [5.41, 5.74) is 5.43. The number of ether oxygens (including phenoxy) is 1. The van der Waals surface area contributed by atoms with E-state index in [1.807, 2.05) is 0 Å². The maximum atomic E-state index is 11.9. The quantitative estimate of drug-likeness (QED) is 0.809. The van der Waals surface area contributed by atoms with Gasteiger partial charge in [-0.1, -0.05) is 0 Å². The Labute approximate surface area is 96.4 Å². The van der Waals surface area contributed by atoms with Crippen LogP contribution in [0.2, 0.25) is 0 Å². The monoisotopic (exact) mass is 334 g/mol. The first-order valence-corrected chi connectivity index (χ1v) is 4.75. The minimum atomic E-state index is -4.81. The van der Waals surface area contributed by atoms with Crippen LogP contribution in [-0.2, 0) is 6.54 Å². The largest absolute Gasteiger partial charge is 0.574 e. The van der Waals surface area contributed by atoms with Crippen molar-refractivity contribution in [3.8, 4) is 11.6 Å². The van der Waals surface area contributed by atoms with E-state index in [0.717, 1.165) is 6.20 Å². The number of nitrogens with two attached hydrogens (primary N) is 1. The standard InChI is InChI=1S/C7H6F3IN2O2/c8-7(9,10)15-6-5(11)3(1-12)4(14)2-13-6/h2,14H,1,12H2. The van der Waals surface area contributed by atoms with Gasteiger partial charge in [-0.05, 0) is 22.6 Å². The Morgan fingerprint density at radius 2 is 2.13 bits per heavy atom. The summed E-state index contributed by atoms with van der Waals surface area (Å²) in [4.78, 5) is 3.32. The van der Waals surface area contributed by atoms with Crippen LogP contribution in [-0.4, -0.2) is 16.5 Å². The van der Waals surface area contributed by atoms with Crippen molar-refractivity contribution in [3.05, 3.63) is 15.3 Å². The van der Waals surface area contributed by atoms with Crippen molar-refractivity contribution < 1.29 is 23.0 Å². The van der Waals surface area contributed by atoms with Gasteiger partial charge in [0.2, 0.25) is 5.88 Å². The SMILES string of the molecule is NCc1c(O)cnc(OC(F)(F)F)c1I. The van der Waals surface area contributed by atoms with E-state index in [1.165, 1.54) is 0 Å². The van der Waals surface area contributed by atoms with Crippen molar-refractivity contribution in [1.82, 2.24) is 4.98 Å². The molecule has 0 fully saturated rings. The molecule has 0 amide bonds. The van der Waals surface area contributed by atoms with Gasteiger partial charge in [-0.25, -0.2) is 4.98 Å². The summed E-state index contributed by atoms with van der Waals surface area (Å²) in [6.45, 7) is -0.0964. The zero-order valence-corrected chi connectivity index (χ0v) is 9.33. The van der Waals surface area contributed by atoms with Crippen LogP contribution in [0.25, 0.3) is 0 Å². The fraction of sp³-hybridized carbons (Fsp3) is 0.286. The summed E-state index contributed by atoms with van der Waals surface area (Å²) < 4.78 is 39.4. The molecule has 1 aromatic rings. The first-order valence-electron chi connectivity index (χ1n) is 3.67. The minimum absolute atomic E-state index is 0.0485. The van der Waals surface area contributed by atoms with Crippen LogP contribution in [0.3, 0.4) is 0 Å². The molecule has 0 unspecified atom stereocenters. The van der Waals surface area contributed by atoms with Crippen molar-refractivity contribution in [2.45, 2.75) is 12.9 Å². The van der Waals surface area contributed by atoms with Crippen LogP contribution in [0.5, 0.6) is 11.6 Å². The van der Waals surface area contributed by atoms with E-state index in [1.54, 1.807) is 22.6 Å². The Bertz CT molecular complexity index is 370. The maximum Gasteiger partial charge on any atom is 0.574 e. The van der Waals surface area contributed by atoms with Gasteiger partial charge in [0.25, 0.3) is 0 Å². The molecule has 3 N–H and O–H groups in total. The summed E-state index contributed by atoms with van der Waals surface area (Å²) in [7, 11) is 0. The second-order valence-electron chi connectivity index (χ2n) is 2.49. The van der Waals surface area contributed by atoms with Crippen molar-refractivity contribution in [2.24, 2.45) is 5.73 Å². The molecule has 1 rings (SSSR count). The number of aromatic hydroxyl groups is 1. The molecule has 15 heavy (non-hydrogen) atoms. The lowest BCUT2D eigenvalue weighted by atomic mass is 10.2. The molecule has 0 spiro atoms. The molecule has 0 aliphatic heterocycles. The van der Waals surface area contributed by atoms with Gasteiger partial charge in [0.15, 0.2) is 0 Å². The molecule has 0 bridgehead atoms. The van der Waals surface area contributed by atoms with Gasteiger partial charge in [-0.2, -0.15) is 0 Å². The summed E-state index contributed by atoms with van der Waals surface area (Å²) in [6, 6.07) is 0. The molecule has 1 heterocycles. The molecule has 0 atom stereocenters. The number of alkyl halides is 3. The van der Waals surface area contributed by atoms with E-state index in [0.29, 0.717) is 0 Å². The Kier molecular flexibility index (Phi) is 3.60. The van der Waals surface area contributed by atoms with Crippen molar-refractivity contribution in [1.29, 1.82) is 0 Å². The molecule has 0 saturated heterocycles. The average molecular weight is 334 g/mol. The van der Waals surface area contributed by atoms with Crippen LogP contribution in [0.15, 0.2) is 6.20 Å². The number of rotatable bonds is 2. The second kappa shape index (κ2) is 4.39. The minimum Gasteiger partial charge on any atom is -0.506 e. The third kappa shape index (κ3) is 3.09. The number of aromatic nitrogens is 1. The van der Waals surface area contributed by atoms with Crippen molar-refractivity contribution in [2.75, 3.05) is 0 Å². The van der Waals surface area contributed by atoms with Crippen LogP contribution < -0.4 is 10.5 Å². The van der Waals surface area contributed by atoms with Gasteiger partial charge in [-0.3, -0.25) is 0 Å². The fourth-order valence-electron chi connectivity index (χ4n) is 0.871. The first-order chi connectivity index (χ1) is 6.85. The zero-order chi connectivity index (χ0) is 11.6. The normalized spacial score (nSPS) is 11.5. The molecule has 1 aromatic heterocycles. The van der Waals surface area contributed by atoms with Crippen LogP contribution in [0, 0.1) is 3.57 Å². The van der Waals surface area contributed by atoms with Gasteiger partial charge in [0.05, 0.1) is 9.77 Å². The number of halogens is 4. The Hall–Kier alpha value is -0.770. The van der Waals surface area contributed by atoms with Gasteiger partial charge in [0.1, 0.15) is 5.75 Å². The third-order valence-electron chi connectivity index (χ3n) is 1.48. The lowest BCUT2D eigenvalue weighted by Crippen LogP contribution is -2.19. The predicted molar refractivity (Wildman–Crippen MR) is 53.2 cm³/mol. The van der Waals surface area contributed by atoms with E-state index >= 15 is 0 Å². The van der Waals surface area contributed by atoms with Gasteiger partial charge < -0.3 is 15.6 Å².